The van der Waals surface area contributed by atoms with Gasteiger partial charge in [-0.25, -0.2) is 13.2 Å². The molecule has 0 amide bonds. The molecule has 0 saturated heterocycles. The molecule has 0 spiro atoms. The topological polar surface area (TPSA) is 99.2 Å². The van der Waals surface area contributed by atoms with E-state index < -0.39 is 27.6 Å². The minimum atomic E-state index is -5.16. The normalized spacial score (nSPS) is 11.8. The van der Waals surface area contributed by atoms with Crippen LogP contribution in [0.2, 0.25) is 0 Å². The fourth-order valence-electron chi connectivity index (χ4n) is 3.57. The molecule has 0 aliphatic rings. The maximum atomic E-state index is 12.1. The Kier molecular flexibility index (Phi) is 12.4. The van der Waals surface area contributed by atoms with E-state index in [0.29, 0.717) is 5.75 Å². The van der Waals surface area contributed by atoms with Crippen LogP contribution in [0.25, 0.3) is 0 Å². The van der Waals surface area contributed by atoms with Crippen LogP contribution in [-0.4, -0.2) is 71.3 Å². The highest BCUT2D eigenvalue weighted by Gasteiger charge is 2.31. The number of nitrogens with zero attached hydrogens (tertiary/aromatic N) is 2. The first-order chi connectivity index (χ1) is 19.7. The molecule has 236 valence electrons. The summed E-state index contributed by atoms with van der Waals surface area (Å²) in [5.74, 6) is -2.02. The molecule has 3 rings (SSSR count). The summed E-state index contributed by atoms with van der Waals surface area (Å²) in [4.78, 5) is 19.9. The van der Waals surface area contributed by atoms with Crippen molar-refractivity contribution in [3.63, 3.8) is 0 Å². The summed E-state index contributed by atoms with van der Waals surface area (Å²) in [6.07, 6.45) is -4.92. The number of anilines is 2. The van der Waals surface area contributed by atoms with Gasteiger partial charge >= 0.3 is 12.1 Å². The Morgan fingerprint density at radius 2 is 1.28 bits per heavy atom. The Morgan fingerprint density at radius 3 is 1.63 bits per heavy atom. The first kappa shape index (κ1) is 35.8. The van der Waals surface area contributed by atoms with Gasteiger partial charge in [0.2, 0.25) is 0 Å². The molecule has 0 heterocycles. The molecule has 0 fully saturated rings. The number of esters is 1. The number of halogens is 3. The van der Waals surface area contributed by atoms with Crippen LogP contribution in [0.15, 0.2) is 87.5 Å². The van der Waals surface area contributed by atoms with Crippen molar-refractivity contribution >= 4 is 38.4 Å². The van der Waals surface area contributed by atoms with Crippen molar-refractivity contribution in [2.24, 2.45) is 0 Å². The van der Waals surface area contributed by atoms with Gasteiger partial charge in [-0.15, -0.1) is 0 Å². The smallest absolute Gasteiger partial charge is 0.401 e. The maximum Gasteiger partial charge on any atom is 0.401 e. The van der Waals surface area contributed by atoms with E-state index in [-0.39, 0.29) is 23.5 Å². The number of alkyl halides is 3. The van der Waals surface area contributed by atoms with Crippen LogP contribution in [0.4, 0.5) is 24.5 Å². The Hall–Kier alpha value is -3.42. The van der Waals surface area contributed by atoms with Crippen LogP contribution in [0.5, 0.6) is 5.75 Å². The Morgan fingerprint density at radius 1 is 0.814 bits per heavy atom. The lowest BCUT2D eigenvalue weighted by Gasteiger charge is -2.19. The zero-order valence-corrected chi connectivity index (χ0v) is 26.8. The predicted molar refractivity (Wildman–Crippen MR) is 162 cm³/mol. The highest BCUT2D eigenvalue weighted by Crippen LogP contribution is 2.34. The molecular weight excluding hydrogens is 605 g/mol. The molecule has 0 aromatic heterocycles. The van der Waals surface area contributed by atoms with E-state index in [1.807, 2.05) is 67.2 Å². The lowest BCUT2D eigenvalue weighted by Crippen LogP contribution is -2.27. The van der Waals surface area contributed by atoms with Crippen LogP contribution in [0, 0.1) is 0 Å². The van der Waals surface area contributed by atoms with Crippen LogP contribution in [0.1, 0.15) is 20.8 Å². The van der Waals surface area contributed by atoms with Gasteiger partial charge in [0.15, 0.2) is 21.3 Å². The fraction of sp³-hybridized carbons (Fsp3) is 0.367. The molecule has 13 heteroatoms. The number of ether oxygens (including phenoxy) is 2. The van der Waals surface area contributed by atoms with Gasteiger partial charge < -0.3 is 23.8 Å². The monoisotopic (exact) mass is 642 g/mol. The highest BCUT2D eigenvalue weighted by atomic mass is 32.2. The van der Waals surface area contributed by atoms with Crippen molar-refractivity contribution in [1.82, 2.24) is 0 Å². The lowest BCUT2D eigenvalue weighted by molar-refractivity contribution is -0.157. The van der Waals surface area contributed by atoms with Gasteiger partial charge in [-0.3, -0.25) is 0 Å². The quantitative estimate of drug-likeness (QED) is 0.166. The van der Waals surface area contributed by atoms with Gasteiger partial charge in [-0.2, -0.15) is 13.2 Å². The fourth-order valence-corrected chi connectivity index (χ4v) is 6.06. The van der Waals surface area contributed by atoms with Gasteiger partial charge in [0.1, 0.15) is 27.2 Å². The molecule has 3 aromatic rings. The van der Waals surface area contributed by atoms with Gasteiger partial charge in [-0.05, 0) is 81.4 Å². The van der Waals surface area contributed by atoms with E-state index in [2.05, 4.69) is 64.4 Å². The van der Waals surface area contributed by atoms with Gasteiger partial charge in [0, 0.05) is 45.6 Å². The molecule has 0 bridgehead atoms. The minimum absolute atomic E-state index is 0.121. The molecule has 0 aliphatic carbocycles. The second-order valence-corrected chi connectivity index (χ2v) is 14.2. The van der Waals surface area contributed by atoms with Gasteiger partial charge in [0.25, 0.3) is 0 Å². The number of hydrogen-bond donors (Lipinski definition) is 0. The summed E-state index contributed by atoms with van der Waals surface area (Å²) in [6.45, 7) is 5.42. The average Bonchev–Trinajstić information content (AvgIpc) is 2.86. The summed E-state index contributed by atoms with van der Waals surface area (Å²) in [5.41, 5.74) is 1.78. The number of rotatable bonds is 9. The van der Waals surface area contributed by atoms with Crippen molar-refractivity contribution < 1.29 is 40.4 Å². The first-order valence-corrected chi connectivity index (χ1v) is 15.8. The zero-order chi connectivity index (χ0) is 32.6. The molecule has 0 aliphatic heterocycles. The van der Waals surface area contributed by atoms with Gasteiger partial charge in [0.05, 0.1) is 10.9 Å². The molecule has 0 saturated carbocycles. The van der Waals surface area contributed by atoms with E-state index in [1.54, 1.807) is 0 Å². The Balaban J connectivity index is 0.000000621. The standard InChI is InChI=1S/C28H35N2O3S.C2H3F3O3S/c1-28(2,3)33-27(31)20-32-23-9-8-10-26(19-23)34(24-15-11-21(12-16-24)29(4)5)25-17-13-22(14-18-25)30(6)7;3-2(4,5)1-9(6,7)8/h8-19H,20H2,1-7H3;1H2,(H,6,7,8)/q+1;/p-1. The molecular formula is C30H37F3N2O6S2. The third kappa shape index (κ3) is 13.2. The molecule has 0 N–H and O–H groups in total. The van der Waals surface area contributed by atoms with E-state index in [4.69, 9.17) is 9.47 Å². The van der Waals surface area contributed by atoms with Crippen molar-refractivity contribution in [1.29, 1.82) is 0 Å². The van der Waals surface area contributed by atoms with Crippen molar-refractivity contribution in [3.05, 3.63) is 72.8 Å². The van der Waals surface area contributed by atoms with E-state index in [9.17, 15) is 30.9 Å². The number of benzene rings is 3. The second kappa shape index (κ2) is 14.8. The Labute approximate surface area is 254 Å². The Bertz CT molecular complexity index is 1390. The molecule has 43 heavy (non-hydrogen) atoms. The number of carbonyl (C=O) groups excluding carboxylic acids is 1. The van der Waals surface area contributed by atoms with E-state index in [0.717, 1.165) is 16.3 Å². The van der Waals surface area contributed by atoms with Crippen molar-refractivity contribution in [2.45, 2.75) is 47.2 Å². The zero-order valence-electron chi connectivity index (χ0n) is 25.1. The molecule has 0 atom stereocenters. The van der Waals surface area contributed by atoms with Crippen LogP contribution >= 0.6 is 0 Å². The van der Waals surface area contributed by atoms with Crippen LogP contribution < -0.4 is 14.5 Å². The predicted octanol–water partition coefficient (Wildman–Crippen LogP) is 5.73. The third-order valence-electron chi connectivity index (χ3n) is 5.34. The second-order valence-electron chi connectivity index (χ2n) is 10.8. The summed E-state index contributed by atoms with van der Waals surface area (Å²) in [7, 11) is 2.68. The third-order valence-corrected chi connectivity index (χ3v) is 8.23. The minimum Gasteiger partial charge on any atom is -0.748 e. The molecule has 0 unspecified atom stereocenters. The molecule has 0 radical (unpaired) electrons. The highest BCUT2D eigenvalue weighted by molar-refractivity contribution is 7.97. The van der Waals surface area contributed by atoms with Crippen LogP contribution in [-0.2, 0) is 30.5 Å². The summed E-state index contributed by atoms with van der Waals surface area (Å²) in [6, 6.07) is 25.3. The van der Waals surface area contributed by atoms with Crippen LogP contribution in [0.3, 0.4) is 0 Å². The lowest BCUT2D eigenvalue weighted by atomic mass is 10.2. The molecule has 3 aromatic carbocycles. The number of hydrogen-bond acceptors (Lipinski definition) is 8. The van der Waals surface area contributed by atoms with Gasteiger partial charge in [-0.1, -0.05) is 6.07 Å². The molecule has 8 nitrogen and oxygen atoms in total. The SMILES string of the molecule is CN(C)c1ccc([S+](c2ccc(N(C)C)cc2)c2cccc(OCC(=O)OC(C)(C)C)c2)cc1.O=S(=O)([O-])CC(F)(F)F. The summed E-state index contributed by atoms with van der Waals surface area (Å²) >= 11 is 0. The van der Waals surface area contributed by atoms with E-state index >= 15 is 0 Å². The summed E-state index contributed by atoms with van der Waals surface area (Å²) < 4.78 is 72.2. The average molecular weight is 643 g/mol. The largest absolute Gasteiger partial charge is 0.748 e. The number of carbonyl (C=O) groups is 1. The van der Waals surface area contributed by atoms with E-state index in [1.165, 1.54) is 9.79 Å². The van der Waals surface area contributed by atoms with Crippen molar-refractivity contribution in [2.75, 3.05) is 50.4 Å². The first-order valence-electron chi connectivity index (χ1n) is 13.0. The summed E-state index contributed by atoms with van der Waals surface area (Å²) in [5, 5.41) is 0. The maximum absolute atomic E-state index is 12.1. The van der Waals surface area contributed by atoms with Crippen molar-refractivity contribution in [3.8, 4) is 5.75 Å².